The number of rotatable bonds is 4. The number of Topliss-reactive ketones (excluding diaryl/α,β-unsaturated/α-hetero) is 1. The average Bonchev–Trinajstić information content (AvgIpc) is 3.31. The van der Waals surface area contributed by atoms with E-state index in [1.807, 2.05) is 30.3 Å². The van der Waals surface area contributed by atoms with Crippen LogP contribution in [0.3, 0.4) is 0 Å². The summed E-state index contributed by atoms with van der Waals surface area (Å²) < 4.78 is 12.2. The third-order valence-corrected chi connectivity index (χ3v) is 4.01. The molecule has 4 rings (SSSR count). The second-order valence-electron chi connectivity index (χ2n) is 5.77. The number of para-hydroxylation sites is 1. The quantitative estimate of drug-likeness (QED) is 0.732. The zero-order valence-electron chi connectivity index (χ0n) is 13.9. The lowest BCUT2D eigenvalue weighted by molar-refractivity contribution is 0.101. The van der Waals surface area contributed by atoms with Crippen LogP contribution in [0.2, 0.25) is 0 Å². The number of hydrogen-bond donors (Lipinski definition) is 1. The summed E-state index contributed by atoms with van der Waals surface area (Å²) in [4.78, 5) is 24.5. The molecule has 1 aliphatic rings. The first-order valence-electron chi connectivity index (χ1n) is 7.98. The van der Waals surface area contributed by atoms with E-state index < -0.39 is 0 Å². The predicted octanol–water partition coefficient (Wildman–Crippen LogP) is 3.06. The van der Waals surface area contributed by atoms with Crippen molar-refractivity contribution in [1.29, 1.82) is 0 Å². The maximum atomic E-state index is 12.6. The molecule has 7 heteroatoms. The minimum atomic E-state index is -0.367. The number of aromatic nitrogens is 2. The Bertz CT molecular complexity index is 995. The van der Waals surface area contributed by atoms with Crippen molar-refractivity contribution in [2.75, 3.05) is 12.1 Å². The van der Waals surface area contributed by atoms with Crippen LogP contribution in [0, 0.1) is 0 Å². The van der Waals surface area contributed by atoms with Crippen LogP contribution in [-0.4, -0.2) is 28.3 Å². The van der Waals surface area contributed by atoms with Crippen molar-refractivity contribution in [3.8, 4) is 17.2 Å². The van der Waals surface area contributed by atoms with Crippen molar-refractivity contribution in [2.45, 2.75) is 6.92 Å². The van der Waals surface area contributed by atoms with Crippen LogP contribution >= 0.6 is 0 Å². The number of anilines is 1. The third kappa shape index (κ3) is 2.90. The molecule has 0 saturated carbocycles. The fraction of sp³-hybridized carbons (Fsp3) is 0.105. The molecule has 7 nitrogen and oxygen atoms in total. The summed E-state index contributed by atoms with van der Waals surface area (Å²) in [5.41, 5.74) is 1.96. The number of hydrogen-bond acceptors (Lipinski definition) is 5. The Morgan fingerprint density at radius 2 is 1.85 bits per heavy atom. The van der Waals surface area contributed by atoms with Gasteiger partial charge in [0.25, 0.3) is 5.91 Å². The van der Waals surface area contributed by atoms with Crippen LogP contribution in [0.5, 0.6) is 11.5 Å². The van der Waals surface area contributed by atoms with Crippen LogP contribution in [-0.2, 0) is 0 Å². The Labute approximate surface area is 149 Å². The molecule has 0 spiro atoms. The summed E-state index contributed by atoms with van der Waals surface area (Å²) in [5.74, 6) is 0.433. The van der Waals surface area contributed by atoms with Crippen molar-refractivity contribution >= 4 is 17.4 Å². The molecule has 1 amide bonds. The summed E-state index contributed by atoms with van der Waals surface area (Å²) >= 11 is 0. The summed E-state index contributed by atoms with van der Waals surface area (Å²) in [6.45, 7) is 1.52. The largest absolute Gasteiger partial charge is 0.454 e. The van der Waals surface area contributed by atoms with E-state index in [2.05, 4.69) is 10.4 Å². The Balaban J connectivity index is 1.61. The van der Waals surface area contributed by atoms with Gasteiger partial charge in [-0.05, 0) is 25.1 Å². The Morgan fingerprint density at radius 1 is 1.12 bits per heavy atom. The second-order valence-corrected chi connectivity index (χ2v) is 5.77. The van der Waals surface area contributed by atoms with E-state index in [-0.39, 0.29) is 18.5 Å². The molecule has 2 heterocycles. The molecule has 0 aliphatic carbocycles. The van der Waals surface area contributed by atoms with E-state index in [4.69, 9.17) is 9.47 Å². The Hall–Kier alpha value is -3.61. The number of ketones is 1. The highest BCUT2D eigenvalue weighted by Crippen LogP contribution is 2.37. The minimum Gasteiger partial charge on any atom is -0.454 e. The first-order chi connectivity index (χ1) is 12.6. The zero-order chi connectivity index (χ0) is 18.1. The van der Waals surface area contributed by atoms with Crippen molar-refractivity contribution < 1.29 is 19.1 Å². The van der Waals surface area contributed by atoms with Gasteiger partial charge in [0, 0.05) is 17.8 Å². The first kappa shape index (κ1) is 15.9. The lowest BCUT2D eigenvalue weighted by Crippen LogP contribution is -2.13. The molecular formula is C19H15N3O4. The highest BCUT2D eigenvalue weighted by atomic mass is 16.7. The van der Waals surface area contributed by atoms with Crippen LogP contribution in [0.4, 0.5) is 5.69 Å². The fourth-order valence-electron chi connectivity index (χ4n) is 2.69. The van der Waals surface area contributed by atoms with Crippen LogP contribution < -0.4 is 14.8 Å². The molecule has 1 N–H and O–H groups in total. The lowest BCUT2D eigenvalue weighted by Gasteiger charge is -2.09. The molecular weight excluding hydrogens is 334 g/mol. The van der Waals surface area contributed by atoms with Gasteiger partial charge in [0.05, 0.1) is 23.1 Å². The van der Waals surface area contributed by atoms with Gasteiger partial charge in [-0.3, -0.25) is 9.59 Å². The smallest absolute Gasteiger partial charge is 0.258 e. The summed E-state index contributed by atoms with van der Waals surface area (Å²) in [7, 11) is 0. The van der Waals surface area contributed by atoms with E-state index in [1.165, 1.54) is 13.1 Å². The van der Waals surface area contributed by atoms with Crippen LogP contribution in [0.15, 0.2) is 54.9 Å². The Kier molecular flexibility index (Phi) is 3.89. The van der Waals surface area contributed by atoms with Crippen LogP contribution in [0.1, 0.15) is 27.6 Å². The summed E-state index contributed by atoms with van der Waals surface area (Å²) in [6.07, 6.45) is 3.10. The molecule has 0 atom stereocenters. The van der Waals surface area contributed by atoms with Gasteiger partial charge in [-0.2, -0.15) is 5.10 Å². The van der Waals surface area contributed by atoms with Crippen molar-refractivity contribution in [3.05, 3.63) is 66.0 Å². The number of carbonyl (C=O) groups is 2. The standard InChI is InChI=1S/C19H15N3O4/c1-12(23)15-7-17-18(26-11-25-17)8-16(15)21-19(24)13-9-20-22(10-13)14-5-3-2-4-6-14/h2-10H,11H2,1H3,(H,21,24). The highest BCUT2D eigenvalue weighted by Gasteiger charge is 2.21. The average molecular weight is 349 g/mol. The topological polar surface area (TPSA) is 82.5 Å². The monoisotopic (exact) mass is 349 g/mol. The highest BCUT2D eigenvalue weighted by molar-refractivity contribution is 6.09. The van der Waals surface area contributed by atoms with Crippen molar-refractivity contribution in [2.24, 2.45) is 0 Å². The molecule has 1 aromatic heterocycles. The van der Waals surface area contributed by atoms with Gasteiger partial charge >= 0.3 is 0 Å². The molecule has 1 aliphatic heterocycles. The third-order valence-electron chi connectivity index (χ3n) is 4.01. The summed E-state index contributed by atoms with van der Waals surface area (Å²) in [5, 5.41) is 6.96. The molecule has 0 unspecified atom stereocenters. The van der Waals surface area contributed by atoms with Gasteiger partial charge in [-0.1, -0.05) is 18.2 Å². The van der Waals surface area contributed by atoms with Gasteiger partial charge in [0.1, 0.15) is 0 Å². The fourth-order valence-corrected chi connectivity index (χ4v) is 2.69. The van der Waals surface area contributed by atoms with Gasteiger partial charge in [0.2, 0.25) is 6.79 Å². The minimum absolute atomic E-state index is 0.0912. The van der Waals surface area contributed by atoms with E-state index in [9.17, 15) is 9.59 Å². The van der Waals surface area contributed by atoms with E-state index in [0.29, 0.717) is 28.3 Å². The van der Waals surface area contributed by atoms with Gasteiger partial charge in [0.15, 0.2) is 17.3 Å². The number of nitrogens with one attached hydrogen (secondary N) is 1. The van der Waals surface area contributed by atoms with E-state index in [0.717, 1.165) is 5.69 Å². The predicted molar refractivity (Wildman–Crippen MR) is 94.1 cm³/mol. The molecule has 0 bridgehead atoms. The molecule has 0 fully saturated rings. The van der Waals surface area contributed by atoms with Gasteiger partial charge in [-0.15, -0.1) is 0 Å². The number of fused-ring (bicyclic) bond motifs is 1. The lowest BCUT2D eigenvalue weighted by atomic mass is 10.1. The van der Waals surface area contributed by atoms with Crippen molar-refractivity contribution in [3.63, 3.8) is 0 Å². The molecule has 0 radical (unpaired) electrons. The number of benzene rings is 2. The Morgan fingerprint density at radius 3 is 2.58 bits per heavy atom. The second kappa shape index (κ2) is 6.36. The number of nitrogens with zero attached hydrogens (tertiary/aromatic N) is 2. The molecule has 2 aromatic carbocycles. The first-order valence-corrected chi connectivity index (χ1v) is 7.98. The SMILES string of the molecule is CC(=O)c1cc2c(cc1NC(=O)c1cnn(-c3ccccc3)c1)OCO2. The normalized spacial score (nSPS) is 12.0. The van der Waals surface area contributed by atoms with Crippen LogP contribution in [0.25, 0.3) is 5.69 Å². The molecule has 130 valence electrons. The van der Waals surface area contributed by atoms with Crippen molar-refractivity contribution in [1.82, 2.24) is 9.78 Å². The molecule has 26 heavy (non-hydrogen) atoms. The summed E-state index contributed by atoms with van der Waals surface area (Å²) in [6, 6.07) is 12.6. The molecule has 0 saturated heterocycles. The maximum absolute atomic E-state index is 12.6. The van der Waals surface area contributed by atoms with Gasteiger partial charge in [-0.25, -0.2) is 4.68 Å². The number of carbonyl (C=O) groups excluding carboxylic acids is 2. The maximum Gasteiger partial charge on any atom is 0.258 e. The number of amides is 1. The van der Waals surface area contributed by atoms with Gasteiger partial charge < -0.3 is 14.8 Å². The molecule has 3 aromatic rings. The zero-order valence-corrected chi connectivity index (χ0v) is 13.9. The van der Waals surface area contributed by atoms with E-state index in [1.54, 1.807) is 23.0 Å². The number of ether oxygens (including phenoxy) is 2. The van der Waals surface area contributed by atoms with E-state index >= 15 is 0 Å².